The van der Waals surface area contributed by atoms with Crippen LogP contribution in [0.3, 0.4) is 0 Å². The Morgan fingerprint density at radius 3 is 2.00 bits per heavy atom. The zero-order valence-electron chi connectivity index (χ0n) is 10.8. The maximum Gasteiger partial charge on any atom is 0.138 e. The predicted octanol–water partition coefficient (Wildman–Crippen LogP) is 4.56. The molecule has 0 heterocycles. The van der Waals surface area contributed by atoms with E-state index in [1.807, 2.05) is 42.4 Å². The second kappa shape index (κ2) is 6.19. The molecule has 0 unspecified atom stereocenters. The summed E-state index contributed by atoms with van der Waals surface area (Å²) in [7, 11) is 3.78. The third-order valence-electron chi connectivity index (χ3n) is 1.78. The molecule has 90 valence electrons. The van der Waals surface area contributed by atoms with Gasteiger partial charge in [0.1, 0.15) is 5.78 Å². The van der Waals surface area contributed by atoms with E-state index >= 15 is 0 Å². The molecule has 1 nitrogen and oxygen atoms in total. The normalized spacial score (nSPS) is 12.9. The van der Waals surface area contributed by atoms with Gasteiger partial charge in [0.2, 0.25) is 0 Å². The van der Waals surface area contributed by atoms with Crippen LogP contribution in [0.4, 0.5) is 0 Å². The molecule has 15 heavy (non-hydrogen) atoms. The van der Waals surface area contributed by atoms with E-state index < -0.39 is 0 Å². The van der Waals surface area contributed by atoms with Crippen molar-refractivity contribution in [2.75, 3.05) is 5.75 Å². The number of ketones is 1. The van der Waals surface area contributed by atoms with Gasteiger partial charge in [0, 0.05) is 22.3 Å². The van der Waals surface area contributed by atoms with Gasteiger partial charge in [-0.05, 0) is 6.42 Å². The number of Topliss-reactive ketones (excluding diaryl/α,β-unsaturated/α-hetero) is 1. The average molecular weight is 248 g/mol. The summed E-state index contributed by atoms with van der Waals surface area (Å²) in [4.78, 5) is 11.6. The van der Waals surface area contributed by atoms with E-state index in [0.29, 0.717) is 10.5 Å². The fraction of sp³-hybridized carbons (Fsp3) is 0.917. The van der Waals surface area contributed by atoms with Gasteiger partial charge in [-0.2, -0.15) is 0 Å². The number of hydrogen-bond acceptors (Lipinski definition) is 3. The monoisotopic (exact) mass is 248 g/mol. The summed E-state index contributed by atoms with van der Waals surface area (Å²) >= 11 is 0. The fourth-order valence-electron chi connectivity index (χ4n) is 0.885. The Labute approximate surface area is 103 Å². The van der Waals surface area contributed by atoms with Crippen molar-refractivity contribution in [3.05, 3.63) is 0 Å². The smallest absolute Gasteiger partial charge is 0.138 e. The van der Waals surface area contributed by atoms with Crippen LogP contribution in [0.15, 0.2) is 0 Å². The Morgan fingerprint density at radius 1 is 1.07 bits per heavy atom. The van der Waals surface area contributed by atoms with Gasteiger partial charge >= 0.3 is 0 Å². The minimum absolute atomic E-state index is 0.165. The van der Waals surface area contributed by atoms with Crippen molar-refractivity contribution < 1.29 is 4.79 Å². The Balaban J connectivity index is 3.53. The minimum Gasteiger partial charge on any atom is -0.299 e. The summed E-state index contributed by atoms with van der Waals surface area (Å²) < 4.78 is 0.318. The highest BCUT2D eigenvalue weighted by Crippen LogP contribution is 2.35. The number of carbonyl (C=O) groups excluding carboxylic acids is 1. The quantitative estimate of drug-likeness (QED) is 0.524. The van der Waals surface area contributed by atoms with Crippen LogP contribution in [0.25, 0.3) is 0 Å². The van der Waals surface area contributed by atoms with Crippen LogP contribution in [0.1, 0.15) is 54.4 Å². The summed E-state index contributed by atoms with van der Waals surface area (Å²) in [5.74, 6) is 1.45. The van der Waals surface area contributed by atoms with Crippen LogP contribution >= 0.6 is 21.6 Å². The summed E-state index contributed by atoms with van der Waals surface area (Å²) in [5.41, 5.74) is -0.165. The predicted molar refractivity (Wildman–Crippen MR) is 73.5 cm³/mol. The van der Waals surface area contributed by atoms with E-state index in [2.05, 4.69) is 20.8 Å². The molecule has 0 atom stereocenters. The standard InChI is InChI=1S/C12H24OS2/c1-11(2,3)10(13)8-7-9-14-15-12(4,5)6/h7-9H2,1-6H3. The molecule has 0 fully saturated rings. The molecule has 0 bridgehead atoms. The van der Waals surface area contributed by atoms with E-state index in [9.17, 15) is 4.79 Å². The largest absolute Gasteiger partial charge is 0.299 e. The van der Waals surface area contributed by atoms with Crippen LogP contribution in [-0.2, 0) is 4.79 Å². The lowest BCUT2D eigenvalue weighted by Crippen LogP contribution is -2.19. The van der Waals surface area contributed by atoms with Crippen molar-refractivity contribution in [3.8, 4) is 0 Å². The van der Waals surface area contributed by atoms with Gasteiger partial charge in [-0.15, -0.1) is 0 Å². The molecule has 0 spiro atoms. The number of carbonyl (C=O) groups is 1. The van der Waals surface area contributed by atoms with Crippen molar-refractivity contribution in [2.45, 2.75) is 59.1 Å². The first-order valence-electron chi connectivity index (χ1n) is 5.47. The van der Waals surface area contributed by atoms with Crippen molar-refractivity contribution >= 4 is 27.4 Å². The third-order valence-corrected chi connectivity index (χ3v) is 5.20. The topological polar surface area (TPSA) is 17.1 Å². The molecule has 0 aromatic carbocycles. The van der Waals surface area contributed by atoms with Gasteiger partial charge in [-0.3, -0.25) is 4.79 Å². The molecule has 0 N–H and O–H groups in total. The molecule has 0 aromatic rings. The van der Waals surface area contributed by atoms with E-state index in [4.69, 9.17) is 0 Å². The van der Waals surface area contributed by atoms with Crippen molar-refractivity contribution in [1.29, 1.82) is 0 Å². The average Bonchev–Trinajstić information content (AvgIpc) is 1.99. The van der Waals surface area contributed by atoms with Crippen molar-refractivity contribution in [1.82, 2.24) is 0 Å². The molecular formula is C12H24OS2. The van der Waals surface area contributed by atoms with Crippen LogP contribution < -0.4 is 0 Å². The van der Waals surface area contributed by atoms with Crippen molar-refractivity contribution in [3.63, 3.8) is 0 Å². The minimum atomic E-state index is -0.165. The Kier molecular flexibility index (Phi) is 6.34. The molecule has 0 amide bonds. The molecule has 0 aliphatic rings. The lowest BCUT2D eigenvalue weighted by molar-refractivity contribution is -0.126. The second-order valence-corrected chi connectivity index (χ2v) is 9.04. The molecule has 0 aliphatic heterocycles. The van der Waals surface area contributed by atoms with E-state index in [1.54, 1.807) is 0 Å². The molecule has 0 rings (SSSR count). The first-order valence-corrected chi connectivity index (χ1v) is 7.79. The third kappa shape index (κ3) is 9.31. The van der Waals surface area contributed by atoms with Crippen molar-refractivity contribution in [2.24, 2.45) is 5.41 Å². The molecular weight excluding hydrogens is 224 g/mol. The molecule has 0 aliphatic carbocycles. The van der Waals surface area contributed by atoms with Gasteiger partial charge in [0.05, 0.1) is 0 Å². The van der Waals surface area contributed by atoms with E-state index in [-0.39, 0.29) is 5.41 Å². The van der Waals surface area contributed by atoms with Gasteiger partial charge in [-0.25, -0.2) is 0 Å². The first kappa shape index (κ1) is 15.4. The summed E-state index contributed by atoms with van der Waals surface area (Å²) in [5, 5.41) is 0. The van der Waals surface area contributed by atoms with Gasteiger partial charge in [-0.1, -0.05) is 63.1 Å². The lowest BCUT2D eigenvalue weighted by atomic mass is 9.88. The maximum absolute atomic E-state index is 11.6. The Bertz CT molecular complexity index is 199. The van der Waals surface area contributed by atoms with Gasteiger partial charge in [0.15, 0.2) is 0 Å². The highest BCUT2D eigenvalue weighted by atomic mass is 33.1. The highest BCUT2D eigenvalue weighted by Gasteiger charge is 2.20. The number of rotatable bonds is 5. The van der Waals surface area contributed by atoms with E-state index in [1.165, 1.54) is 0 Å². The van der Waals surface area contributed by atoms with Crippen LogP contribution in [0.2, 0.25) is 0 Å². The molecule has 3 heteroatoms. The summed E-state index contributed by atoms with van der Waals surface area (Å²) in [6.07, 6.45) is 1.73. The fourth-order valence-corrected chi connectivity index (χ4v) is 3.25. The van der Waals surface area contributed by atoms with Crippen LogP contribution in [0, 0.1) is 5.41 Å². The number of hydrogen-bond donors (Lipinski definition) is 0. The summed E-state index contributed by atoms with van der Waals surface area (Å²) in [6.45, 7) is 12.6. The van der Waals surface area contributed by atoms with Gasteiger partial charge in [0.25, 0.3) is 0 Å². The Hall–Kier alpha value is 0.370. The zero-order valence-corrected chi connectivity index (χ0v) is 12.5. The highest BCUT2D eigenvalue weighted by molar-refractivity contribution is 8.77. The first-order chi connectivity index (χ1) is 6.63. The zero-order chi connectivity index (χ0) is 12.1. The SMILES string of the molecule is CC(C)(C)SSCCCC(=O)C(C)(C)C. The Morgan fingerprint density at radius 2 is 1.60 bits per heavy atom. The van der Waals surface area contributed by atoms with E-state index in [0.717, 1.165) is 18.6 Å². The second-order valence-electron chi connectivity index (χ2n) is 5.79. The van der Waals surface area contributed by atoms with Crippen LogP contribution in [-0.4, -0.2) is 16.3 Å². The molecule has 0 saturated carbocycles. The lowest BCUT2D eigenvalue weighted by Gasteiger charge is -2.17. The molecule has 0 radical (unpaired) electrons. The van der Waals surface area contributed by atoms with Crippen LogP contribution in [0.5, 0.6) is 0 Å². The molecule has 0 aromatic heterocycles. The summed E-state index contributed by atoms with van der Waals surface area (Å²) in [6, 6.07) is 0. The maximum atomic E-state index is 11.6. The van der Waals surface area contributed by atoms with Gasteiger partial charge < -0.3 is 0 Å². The molecule has 0 saturated heterocycles.